The topological polar surface area (TPSA) is 94.2 Å². The van der Waals surface area contributed by atoms with E-state index in [1.165, 1.54) is 11.1 Å². The number of hydrogen-bond acceptors (Lipinski definition) is 7. The van der Waals surface area contributed by atoms with E-state index in [-0.39, 0.29) is 35.8 Å². The second-order valence-electron chi connectivity index (χ2n) is 12.9. The molecule has 2 aliphatic carbocycles. The number of hydrogen-bond donors (Lipinski definition) is 1. The summed E-state index contributed by atoms with van der Waals surface area (Å²) in [5.41, 5.74) is 3.58. The van der Waals surface area contributed by atoms with Crippen LogP contribution in [0.1, 0.15) is 66.9 Å². The van der Waals surface area contributed by atoms with Crippen molar-refractivity contribution in [2.45, 2.75) is 63.4 Å². The molecule has 242 valence electrons. The molecule has 4 aliphatic rings. The highest BCUT2D eigenvalue weighted by molar-refractivity contribution is 7.99. The van der Waals surface area contributed by atoms with E-state index in [1.54, 1.807) is 13.0 Å². The smallest absolute Gasteiger partial charge is 0.332 e. The Morgan fingerprint density at radius 1 is 1.22 bits per heavy atom. The zero-order chi connectivity index (χ0) is 31.6. The van der Waals surface area contributed by atoms with Crippen LogP contribution in [-0.2, 0) is 35.8 Å². The van der Waals surface area contributed by atoms with Gasteiger partial charge in [0.2, 0.25) is 0 Å². The number of rotatable bonds is 4. The number of amides is 1. The fraction of sp³-hybridized carbons (Fsp3) is 0.514. The van der Waals surface area contributed by atoms with Gasteiger partial charge >= 0.3 is 5.97 Å². The highest BCUT2D eigenvalue weighted by Crippen LogP contribution is 2.47. The van der Waals surface area contributed by atoms with Gasteiger partial charge in [-0.1, -0.05) is 29.8 Å². The maximum absolute atomic E-state index is 13.4. The zero-order valence-corrected chi connectivity index (χ0v) is 27.5. The van der Waals surface area contributed by atoms with Crippen LogP contribution in [0.2, 0.25) is 5.02 Å². The number of aryl methyl sites for hydroxylation is 1. The Kier molecular flexibility index (Phi) is 9.50. The Balaban J connectivity index is 1.38. The maximum Gasteiger partial charge on any atom is 0.332 e. The highest BCUT2D eigenvalue weighted by Gasteiger charge is 2.44. The van der Waals surface area contributed by atoms with Crippen molar-refractivity contribution in [2.24, 2.45) is 11.8 Å². The van der Waals surface area contributed by atoms with Gasteiger partial charge in [0.15, 0.2) is 0 Å². The van der Waals surface area contributed by atoms with E-state index >= 15 is 0 Å². The molecule has 0 radical (unpaired) electrons. The SMILES string of the molecule is C=S1(=O)CCC/C=C/[C@@H](OCC(=O)OCC)[C@@H]2CC[C@H]2CN2C[C@@]3(CCCc4cc(Cl)ccc43)COc3ccc(cc32)C(=O)N1. The van der Waals surface area contributed by atoms with Crippen molar-refractivity contribution in [1.82, 2.24) is 4.72 Å². The molecule has 1 amide bonds. The summed E-state index contributed by atoms with van der Waals surface area (Å²) in [7, 11) is -2.84. The van der Waals surface area contributed by atoms with Crippen LogP contribution in [-0.4, -0.2) is 66.7 Å². The average Bonchev–Trinajstić information content (AvgIpc) is 3.14. The molecule has 6 rings (SSSR count). The van der Waals surface area contributed by atoms with Crippen molar-refractivity contribution < 1.29 is 28.0 Å². The van der Waals surface area contributed by atoms with E-state index < -0.39 is 15.6 Å². The van der Waals surface area contributed by atoms with Gasteiger partial charge in [0.1, 0.15) is 12.4 Å². The number of benzene rings is 2. The third-order valence-corrected chi connectivity index (χ3v) is 11.5. The molecule has 2 aromatic carbocycles. The lowest BCUT2D eigenvalue weighted by Gasteiger charge is -2.46. The Morgan fingerprint density at radius 3 is 2.89 bits per heavy atom. The minimum absolute atomic E-state index is 0.100. The third kappa shape index (κ3) is 7.05. The number of nitrogens with one attached hydrogen (secondary N) is 1. The molecule has 1 fully saturated rings. The van der Waals surface area contributed by atoms with E-state index in [0.717, 1.165) is 61.7 Å². The molecule has 10 heteroatoms. The van der Waals surface area contributed by atoms with Crippen LogP contribution in [0.4, 0.5) is 5.69 Å². The normalized spacial score (nSPS) is 30.5. The first-order valence-electron chi connectivity index (χ1n) is 16.1. The molecular weight excluding hydrogens is 612 g/mol. The fourth-order valence-corrected chi connectivity index (χ4v) is 8.81. The molecule has 1 unspecified atom stereocenters. The highest BCUT2D eigenvalue weighted by atomic mass is 35.5. The largest absolute Gasteiger partial charge is 0.490 e. The van der Waals surface area contributed by atoms with Gasteiger partial charge in [-0.2, -0.15) is 0 Å². The predicted molar refractivity (Wildman–Crippen MR) is 179 cm³/mol. The first-order chi connectivity index (χ1) is 21.7. The van der Waals surface area contributed by atoms with Crippen molar-refractivity contribution in [3.8, 4) is 5.75 Å². The minimum atomic E-state index is -2.84. The monoisotopic (exact) mass is 654 g/mol. The fourth-order valence-electron chi connectivity index (χ4n) is 7.42. The minimum Gasteiger partial charge on any atom is -0.490 e. The standard InChI is InChI=1S/C35H43ClN2O6S/c1-3-42-33(39)21-43-31-9-5-4-6-17-45(2,41)37-34(40)25-11-15-32-30(19-25)38(20-26-10-13-28(26)31)22-35(23-44-32)16-7-8-24-18-27(36)12-14-29(24)35/h5,9,11-12,14-15,18-19,26,28,31H,2-4,6-8,10,13,16-17,20-23H2,1H3,(H,37,40,41)/b9-5+/t26-,28+,31+,35-,45?/m0/s1. The van der Waals surface area contributed by atoms with Gasteiger partial charge in [0.25, 0.3) is 5.91 Å². The Morgan fingerprint density at radius 2 is 2.09 bits per heavy atom. The van der Waals surface area contributed by atoms with Crippen molar-refractivity contribution in [2.75, 3.05) is 43.6 Å². The van der Waals surface area contributed by atoms with Crippen LogP contribution in [0.15, 0.2) is 48.6 Å². The quantitative estimate of drug-likeness (QED) is 0.264. The molecular formula is C35H43ClN2O6S. The van der Waals surface area contributed by atoms with Crippen LogP contribution in [0.3, 0.4) is 0 Å². The number of allylic oxidation sites excluding steroid dienone is 1. The molecule has 1 spiro atoms. The van der Waals surface area contributed by atoms with Crippen molar-refractivity contribution in [1.29, 1.82) is 0 Å². The summed E-state index contributed by atoms with van der Waals surface area (Å²) in [5, 5.41) is 0.741. The summed E-state index contributed by atoms with van der Waals surface area (Å²) in [6.45, 7) is 3.98. The summed E-state index contributed by atoms with van der Waals surface area (Å²) in [4.78, 5) is 28.0. The molecule has 2 heterocycles. The second-order valence-corrected chi connectivity index (χ2v) is 15.6. The zero-order valence-electron chi connectivity index (χ0n) is 25.9. The number of anilines is 1. The molecule has 1 N–H and O–H groups in total. The molecule has 45 heavy (non-hydrogen) atoms. The number of carbonyl (C=O) groups is 2. The Bertz CT molecular complexity index is 1580. The Labute approximate surface area is 271 Å². The molecule has 2 aliphatic heterocycles. The van der Waals surface area contributed by atoms with E-state index in [4.69, 9.17) is 25.8 Å². The van der Waals surface area contributed by atoms with E-state index in [0.29, 0.717) is 37.5 Å². The van der Waals surface area contributed by atoms with Crippen molar-refractivity contribution >= 4 is 44.7 Å². The van der Waals surface area contributed by atoms with E-state index in [9.17, 15) is 13.8 Å². The lowest BCUT2D eigenvalue weighted by molar-refractivity contribution is -0.151. The number of halogens is 1. The second kappa shape index (κ2) is 13.4. The van der Waals surface area contributed by atoms with Crippen molar-refractivity contribution in [3.05, 3.63) is 70.3 Å². The van der Waals surface area contributed by atoms with Crippen LogP contribution < -0.4 is 14.4 Å². The summed E-state index contributed by atoms with van der Waals surface area (Å²) in [6, 6.07) is 11.7. The van der Waals surface area contributed by atoms with Gasteiger partial charge in [-0.3, -0.25) is 9.52 Å². The van der Waals surface area contributed by atoms with Crippen LogP contribution in [0.25, 0.3) is 0 Å². The van der Waals surface area contributed by atoms with Gasteiger partial charge in [-0.15, -0.1) is 0 Å². The summed E-state index contributed by atoms with van der Waals surface area (Å²) in [5.74, 6) is 4.59. The molecule has 1 saturated carbocycles. The summed E-state index contributed by atoms with van der Waals surface area (Å²) in [6.07, 6.45) is 10.1. The number of carbonyl (C=O) groups excluding carboxylic acids is 2. The molecule has 5 atom stereocenters. The van der Waals surface area contributed by atoms with Gasteiger partial charge in [-0.25, -0.2) is 9.00 Å². The van der Waals surface area contributed by atoms with Gasteiger partial charge in [-0.05, 0) is 111 Å². The van der Waals surface area contributed by atoms with Crippen LogP contribution >= 0.6 is 11.6 Å². The number of nitrogens with zero attached hydrogens (tertiary/aromatic N) is 1. The first-order valence-corrected chi connectivity index (χ1v) is 18.4. The van der Waals surface area contributed by atoms with Crippen molar-refractivity contribution in [3.63, 3.8) is 0 Å². The van der Waals surface area contributed by atoms with Crippen LogP contribution in [0, 0.1) is 11.8 Å². The number of esters is 1. The maximum atomic E-state index is 13.4. The summed E-state index contributed by atoms with van der Waals surface area (Å²) >= 11 is 6.42. The van der Waals surface area contributed by atoms with Gasteiger partial charge in [0.05, 0.1) is 25.0 Å². The van der Waals surface area contributed by atoms with E-state index in [2.05, 4.69) is 27.6 Å². The molecule has 2 aromatic rings. The molecule has 0 aromatic heterocycles. The predicted octanol–water partition coefficient (Wildman–Crippen LogP) is 5.50. The lowest BCUT2D eigenvalue weighted by atomic mass is 9.68. The number of ether oxygens (including phenoxy) is 3. The lowest BCUT2D eigenvalue weighted by Crippen LogP contribution is -2.49. The first kappa shape index (κ1) is 32.0. The molecule has 0 saturated heterocycles. The molecule has 2 bridgehead atoms. The van der Waals surface area contributed by atoms with E-state index in [1.807, 2.05) is 30.4 Å². The third-order valence-electron chi connectivity index (χ3n) is 9.80. The average molecular weight is 655 g/mol. The van der Waals surface area contributed by atoms with Crippen LogP contribution in [0.5, 0.6) is 5.75 Å². The summed E-state index contributed by atoms with van der Waals surface area (Å²) < 4.78 is 33.9. The van der Waals surface area contributed by atoms with Gasteiger partial charge < -0.3 is 19.1 Å². The Hall–Kier alpha value is -3.01. The number of fused-ring (bicyclic) bond motifs is 4. The molecule has 8 nitrogen and oxygen atoms in total. The van der Waals surface area contributed by atoms with Gasteiger partial charge in [0, 0.05) is 44.6 Å².